The number of carbonyl (C=O) groups excluding carboxylic acids is 1. The van der Waals surface area contributed by atoms with E-state index in [2.05, 4.69) is 0 Å². The number of rotatable bonds is 6. The second kappa shape index (κ2) is 7.31. The molecule has 1 aliphatic heterocycles. The normalized spacial score (nSPS) is 20.3. The zero-order chi connectivity index (χ0) is 15.3. The number of benzene rings is 1. The summed E-state index contributed by atoms with van der Waals surface area (Å²) in [4.78, 5) is 15.2. The van der Waals surface area contributed by atoms with Gasteiger partial charge in [0.1, 0.15) is 0 Å². The number of hydrogen-bond acceptors (Lipinski definition) is 4. The van der Waals surface area contributed by atoms with Crippen LogP contribution in [0.1, 0.15) is 19.8 Å². The van der Waals surface area contributed by atoms with Crippen LogP contribution in [0.25, 0.3) is 0 Å². The van der Waals surface area contributed by atoms with Crippen LogP contribution in [0.5, 0.6) is 0 Å². The van der Waals surface area contributed by atoms with E-state index < -0.39 is 9.84 Å². The maximum Gasteiger partial charge on any atom is 0.223 e. The van der Waals surface area contributed by atoms with Gasteiger partial charge in [0.2, 0.25) is 5.91 Å². The van der Waals surface area contributed by atoms with Gasteiger partial charge in [0, 0.05) is 29.7 Å². The van der Waals surface area contributed by atoms with E-state index in [4.69, 9.17) is 0 Å². The molecule has 1 aromatic rings. The van der Waals surface area contributed by atoms with Crippen molar-refractivity contribution in [2.45, 2.75) is 30.7 Å². The van der Waals surface area contributed by atoms with E-state index in [-0.39, 0.29) is 23.5 Å². The Morgan fingerprint density at radius 2 is 2.05 bits per heavy atom. The number of carbonyl (C=O) groups is 1. The third-order valence-electron chi connectivity index (χ3n) is 3.64. The summed E-state index contributed by atoms with van der Waals surface area (Å²) in [6, 6.07) is 9.84. The van der Waals surface area contributed by atoms with Crippen molar-refractivity contribution < 1.29 is 13.2 Å². The largest absolute Gasteiger partial charge is 0.339 e. The molecule has 0 bridgehead atoms. The van der Waals surface area contributed by atoms with Crippen LogP contribution in [0.2, 0.25) is 0 Å². The van der Waals surface area contributed by atoms with Gasteiger partial charge in [-0.2, -0.15) is 0 Å². The van der Waals surface area contributed by atoms with Crippen LogP contribution in [-0.2, 0) is 14.6 Å². The van der Waals surface area contributed by atoms with Crippen molar-refractivity contribution in [1.82, 2.24) is 4.90 Å². The fourth-order valence-corrected chi connectivity index (χ4v) is 5.17. The zero-order valence-electron chi connectivity index (χ0n) is 12.2. The maximum absolute atomic E-state index is 12.3. The van der Waals surface area contributed by atoms with E-state index in [9.17, 15) is 13.2 Å². The Bertz CT molecular complexity index is 572. The molecule has 4 nitrogen and oxygen atoms in total. The minimum atomic E-state index is -2.95. The van der Waals surface area contributed by atoms with E-state index in [0.717, 1.165) is 10.6 Å². The summed E-state index contributed by atoms with van der Waals surface area (Å²) in [7, 11) is -2.95. The average molecular weight is 327 g/mol. The van der Waals surface area contributed by atoms with Crippen molar-refractivity contribution in [3.8, 4) is 0 Å². The Kier molecular flexibility index (Phi) is 5.70. The molecule has 1 heterocycles. The lowest BCUT2D eigenvalue weighted by Gasteiger charge is -2.26. The van der Waals surface area contributed by atoms with Gasteiger partial charge in [-0.25, -0.2) is 8.42 Å². The van der Waals surface area contributed by atoms with Crippen LogP contribution in [0, 0.1) is 0 Å². The van der Waals surface area contributed by atoms with Crippen molar-refractivity contribution in [3.63, 3.8) is 0 Å². The van der Waals surface area contributed by atoms with Crippen LogP contribution >= 0.6 is 11.8 Å². The van der Waals surface area contributed by atoms with Gasteiger partial charge in [0.05, 0.1) is 11.5 Å². The molecule has 2 rings (SSSR count). The highest BCUT2D eigenvalue weighted by Crippen LogP contribution is 2.21. The fourth-order valence-electron chi connectivity index (χ4n) is 2.58. The molecule has 21 heavy (non-hydrogen) atoms. The first-order valence-corrected chi connectivity index (χ1v) is 10.0. The fraction of sp³-hybridized carbons (Fsp3) is 0.533. The summed E-state index contributed by atoms with van der Waals surface area (Å²) in [6.45, 7) is 2.49. The molecule has 0 radical (unpaired) electrons. The minimum Gasteiger partial charge on any atom is -0.339 e. The third-order valence-corrected chi connectivity index (χ3v) is 6.40. The Balaban J connectivity index is 1.83. The van der Waals surface area contributed by atoms with Crippen molar-refractivity contribution in [2.24, 2.45) is 0 Å². The molecule has 0 spiro atoms. The first-order valence-electron chi connectivity index (χ1n) is 7.19. The van der Waals surface area contributed by atoms with Crippen molar-refractivity contribution in [2.75, 3.05) is 23.8 Å². The minimum absolute atomic E-state index is 0.0584. The number of sulfone groups is 1. The summed E-state index contributed by atoms with van der Waals surface area (Å²) < 4.78 is 23.1. The predicted molar refractivity (Wildman–Crippen MR) is 86.2 cm³/mol. The standard InChI is InChI=1S/C15H21NO3S2/c1-2-16(13-9-11-21(18,19)12-13)15(17)8-10-20-14-6-4-3-5-7-14/h3-7,13H,2,8-12H2,1H3/t13-/m1/s1. The highest BCUT2D eigenvalue weighted by atomic mass is 32.2. The Hall–Kier alpha value is -1.01. The van der Waals surface area contributed by atoms with E-state index in [1.807, 2.05) is 37.3 Å². The molecule has 1 aliphatic rings. The van der Waals surface area contributed by atoms with Gasteiger partial charge in [-0.05, 0) is 25.5 Å². The van der Waals surface area contributed by atoms with Gasteiger partial charge in [-0.1, -0.05) is 18.2 Å². The molecule has 0 N–H and O–H groups in total. The van der Waals surface area contributed by atoms with Crippen LogP contribution in [0.3, 0.4) is 0 Å². The molecular formula is C15H21NO3S2. The summed E-state index contributed by atoms with van der Waals surface area (Å²) >= 11 is 1.65. The quantitative estimate of drug-likeness (QED) is 0.752. The lowest BCUT2D eigenvalue weighted by atomic mass is 10.2. The van der Waals surface area contributed by atoms with Gasteiger partial charge in [0.15, 0.2) is 9.84 Å². The highest BCUT2D eigenvalue weighted by Gasteiger charge is 2.33. The average Bonchev–Trinajstić information content (AvgIpc) is 2.81. The van der Waals surface area contributed by atoms with Crippen LogP contribution in [-0.4, -0.2) is 49.1 Å². The number of amides is 1. The van der Waals surface area contributed by atoms with E-state index in [0.29, 0.717) is 19.4 Å². The van der Waals surface area contributed by atoms with Gasteiger partial charge >= 0.3 is 0 Å². The summed E-state index contributed by atoms with van der Waals surface area (Å²) in [6.07, 6.45) is 1.03. The molecule has 0 saturated carbocycles. The number of nitrogens with zero attached hydrogens (tertiary/aromatic N) is 1. The molecule has 1 amide bonds. The van der Waals surface area contributed by atoms with Crippen molar-refractivity contribution in [3.05, 3.63) is 30.3 Å². The summed E-state index contributed by atoms with van der Waals surface area (Å²) in [5.74, 6) is 1.11. The monoisotopic (exact) mass is 327 g/mol. The Labute approximate surface area is 130 Å². The smallest absolute Gasteiger partial charge is 0.223 e. The van der Waals surface area contributed by atoms with Gasteiger partial charge < -0.3 is 4.90 Å². The van der Waals surface area contributed by atoms with Crippen molar-refractivity contribution in [1.29, 1.82) is 0 Å². The number of hydrogen-bond donors (Lipinski definition) is 0. The third kappa shape index (κ3) is 4.74. The molecule has 0 unspecified atom stereocenters. The second-order valence-electron chi connectivity index (χ2n) is 5.15. The molecular weight excluding hydrogens is 306 g/mol. The highest BCUT2D eigenvalue weighted by molar-refractivity contribution is 7.99. The maximum atomic E-state index is 12.3. The molecule has 1 aromatic carbocycles. The second-order valence-corrected chi connectivity index (χ2v) is 8.55. The first kappa shape index (κ1) is 16.4. The molecule has 0 aliphatic carbocycles. The van der Waals surface area contributed by atoms with Gasteiger partial charge in [-0.3, -0.25) is 4.79 Å². The van der Waals surface area contributed by atoms with Crippen molar-refractivity contribution >= 4 is 27.5 Å². The van der Waals surface area contributed by atoms with Gasteiger partial charge in [0.25, 0.3) is 0 Å². The summed E-state index contributed by atoms with van der Waals surface area (Å²) in [5, 5.41) is 0. The summed E-state index contributed by atoms with van der Waals surface area (Å²) in [5.41, 5.74) is 0. The van der Waals surface area contributed by atoms with E-state index >= 15 is 0 Å². The molecule has 6 heteroatoms. The van der Waals surface area contributed by atoms with Crippen LogP contribution < -0.4 is 0 Å². The van der Waals surface area contributed by atoms with E-state index in [1.165, 1.54) is 0 Å². The predicted octanol–water partition coefficient (Wildman–Crippen LogP) is 2.20. The van der Waals surface area contributed by atoms with Gasteiger partial charge in [-0.15, -0.1) is 11.8 Å². The first-order chi connectivity index (χ1) is 10.0. The van der Waals surface area contributed by atoms with Crippen LogP contribution in [0.4, 0.5) is 0 Å². The molecule has 116 valence electrons. The van der Waals surface area contributed by atoms with Crippen LogP contribution in [0.15, 0.2) is 35.2 Å². The lowest BCUT2D eigenvalue weighted by molar-refractivity contribution is -0.132. The Morgan fingerprint density at radius 1 is 1.33 bits per heavy atom. The zero-order valence-corrected chi connectivity index (χ0v) is 13.8. The topological polar surface area (TPSA) is 54.5 Å². The molecule has 1 atom stereocenters. The Morgan fingerprint density at radius 3 is 2.62 bits per heavy atom. The lowest BCUT2D eigenvalue weighted by Crippen LogP contribution is -2.41. The molecule has 0 aromatic heterocycles. The molecule has 1 saturated heterocycles. The van der Waals surface area contributed by atoms with E-state index in [1.54, 1.807) is 16.7 Å². The number of thioether (sulfide) groups is 1. The molecule has 1 fully saturated rings. The SMILES string of the molecule is CCN(C(=O)CCSc1ccccc1)[C@@H]1CCS(=O)(=O)C1.